The van der Waals surface area contributed by atoms with Gasteiger partial charge in [0.05, 0.1) is 10.6 Å². The molecule has 0 saturated heterocycles. The number of carbonyl (C=O) groups excluding carboxylic acids is 1. The molecule has 0 aromatic heterocycles. The Morgan fingerprint density at radius 2 is 2.28 bits per heavy atom. The highest BCUT2D eigenvalue weighted by Crippen LogP contribution is 2.20. The van der Waals surface area contributed by atoms with E-state index in [0.717, 1.165) is 17.3 Å². The van der Waals surface area contributed by atoms with Crippen molar-refractivity contribution in [1.29, 1.82) is 0 Å². The molecule has 1 rings (SSSR count). The molecular formula is C11H12BrClN4O. The molecule has 0 radical (unpaired) electrons. The molecule has 0 heterocycles. The zero-order chi connectivity index (χ0) is 13.4. The van der Waals surface area contributed by atoms with Crippen LogP contribution in [0.2, 0.25) is 5.02 Å². The highest BCUT2D eigenvalue weighted by Gasteiger charge is 2.09. The first-order valence-electron chi connectivity index (χ1n) is 5.39. The Hall–Kier alpha value is -1.23. The SMILES string of the molecule is [N-]=[N+]=NCCCCNC(=O)c1cc(Br)ccc1Cl. The Kier molecular flexibility index (Phi) is 6.57. The number of azide groups is 1. The van der Waals surface area contributed by atoms with Gasteiger partial charge in [-0.2, -0.15) is 0 Å². The Morgan fingerprint density at radius 1 is 1.50 bits per heavy atom. The molecule has 18 heavy (non-hydrogen) atoms. The van der Waals surface area contributed by atoms with Crippen LogP contribution in [0.3, 0.4) is 0 Å². The largest absolute Gasteiger partial charge is 0.352 e. The highest BCUT2D eigenvalue weighted by atomic mass is 79.9. The van der Waals surface area contributed by atoms with E-state index in [1.807, 2.05) is 0 Å². The van der Waals surface area contributed by atoms with Crippen molar-refractivity contribution in [3.8, 4) is 0 Å². The molecule has 0 saturated carbocycles. The van der Waals surface area contributed by atoms with Gasteiger partial charge in [0.15, 0.2) is 0 Å². The Balaban J connectivity index is 2.41. The monoisotopic (exact) mass is 330 g/mol. The van der Waals surface area contributed by atoms with Crippen molar-refractivity contribution in [3.63, 3.8) is 0 Å². The van der Waals surface area contributed by atoms with Gasteiger partial charge < -0.3 is 5.32 Å². The minimum atomic E-state index is -0.204. The molecule has 0 aliphatic carbocycles. The summed E-state index contributed by atoms with van der Waals surface area (Å²) in [7, 11) is 0. The predicted molar refractivity (Wildman–Crippen MR) is 74.7 cm³/mol. The molecule has 1 N–H and O–H groups in total. The smallest absolute Gasteiger partial charge is 0.252 e. The molecule has 5 nitrogen and oxygen atoms in total. The molecule has 0 aliphatic rings. The molecule has 0 fully saturated rings. The van der Waals surface area contributed by atoms with Gasteiger partial charge in [-0.25, -0.2) is 0 Å². The van der Waals surface area contributed by atoms with Gasteiger partial charge in [-0.05, 0) is 36.6 Å². The van der Waals surface area contributed by atoms with Crippen molar-refractivity contribution in [2.75, 3.05) is 13.1 Å². The number of amides is 1. The summed E-state index contributed by atoms with van der Waals surface area (Å²) < 4.78 is 0.806. The number of unbranched alkanes of at least 4 members (excludes halogenated alkanes) is 1. The van der Waals surface area contributed by atoms with Gasteiger partial charge >= 0.3 is 0 Å². The van der Waals surface area contributed by atoms with Crippen molar-refractivity contribution >= 4 is 33.4 Å². The molecule has 1 aromatic rings. The van der Waals surface area contributed by atoms with E-state index in [4.69, 9.17) is 17.1 Å². The standard InChI is InChI=1S/C11H12BrClN4O/c12-8-3-4-10(13)9(7-8)11(18)15-5-1-2-6-16-17-14/h3-4,7H,1-2,5-6H2,(H,15,18). The summed E-state index contributed by atoms with van der Waals surface area (Å²) in [5.41, 5.74) is 8.53. The maximum absolute atomic E-state index is 11.8. The molecule has 0 aliphatic heterocycles. The van der Waals surface area contributed by atoms with E-state index >= 15 is 0 Å². The van der Waals surface area contributed by atoms with Gasteiger partial charge in [0.2, 0.25) is 0 Å². The van der Waals surface area contributed by atoms with Crippen molar-refractivity contribution < 1.29 is 4.79 Å². The van der Waals surface area contributed by atoms with E-state index < -0.39 is 0 Å². The van der Waals surface area contributed by atoms with Crippen LogP contribution in [0.5, 0.6) is 0 Å². The Labute approximate surface area is 118 Å². The summed E-state index contributed by atoms with van der Waals surface area (Å²) in [6.45, 7) is 0.979. The van der Waals surface area contributed by atoms with Crippen LogP contribution in [0.15, 0.2) is 27.8 Å². The van der Waals surface area contributed by atoms with E-state index in [1.165, 1.54) is 0 Å². The van der Waals surface area contributed by atoms with Gasteiger partial charge in [-0.3, -0.25) is 4.79 Å². The Morgan fingerprint density at radius 3 is 3.00 bits per heavy atom. The second kappa shape index (κ2) is 7.97. The van der Waals surface area contributed by atoms with Crippen LogP contribution >= 0.6 is 27.5 Å². The summed E-state index contributed by atoms with van der Waals surface area (Å²) in [4.78, 5) is 14.5. The van der Waals surface area contributed by atoms with E-state index in [-0.39, 0.29) is 5.91 Å². The summed E-state index contributed by atoms with van der Waals surface area (Å²) >= 11 is 9.23. The minimum Gasteiger partial charge on any atom is -0.352 e. The molecule has 0 spiro atoms. The lowest BCUT2D eigenvalue weighted by molar-refractivity contribution is 0.0953. The van der Waals surface area contributed by atoms with Gasteiger partial charge in [0, 0.05) is 22.5 Å². The van der Waals surface area contributed by atoms with Crippen molar-refractivity contribution in [1.82, 2.24) is 5.32 Å². The average molecular weight is 332 g/mol. The quantitative estimate of drug-likeness (QED) is 0.364. The first-order chi connectivity index (χ1) is 8.65. The van der Waals surface area contributed by atoms with Crippen LogP contribution in [-0.4, -0.2) is 19.0 Å². The lowest BCUT2D eigenvalue weighted by Gasteiger charge is -2.06. The van der Waals surface area contributed by atoms with Gasteiger partial charge in [-0.15, -0.1) is 0 Å². The van der Waals surface area contributed by atoms with E-state index in [9.17, 15) is 4.79 Å². The van der Waals surface area contributed by atoms with E-state index in [1.54, 1.807) is 18.2 Å². The fourth-order valence-corrected chi connectivity index (χ4v) is 1.89. The second-order valence-electron chi connectivity index (χ2n) is 3.54. The van der Waals surface area contributed by atoms with E-state index in [0.29, 0.717) is 23.7 Å². The van der Waals surface area contributed by atoms with Gasteiger partial charge in [-0.1, -0.05) is 32.6 Å². The maximum Gasteiger partial charge on any atom is 0.252 e. The van der Waals surface area contributed by atoms with Crippen molar-refractivity contribution in [3.05, 3.63) is 43.7 Å². The van der Waals surface area contributed by atoms with Crippen LogP contribution in [0.1, 0.15) is 23.2 Å². The van der Waals surface area contributed by atoms with Crippen molar-refractivity contribution in [2.45, 2.75) is 12.8 Å². The van der Waals surface area contributed by atoms with Crippen molar-refractivity contribution in [2.24, 2.45) is 5.11 Å². The molecule has 0 atom stereocenters. The molecule has 0 unspecified atom stereocenters. The molecular weight excluding hydrogens is 320 g/mol. The molecule has 1 amide bonds. The summed E-state index contributed by atoms with van der Waals surface area (Å²) in [6.07, 6.45) is 1.51. The normalized spacial score (nSPS) is 9.67. The predicted octanol–water partition coefficient (Wildman–Crippen LogP) is 3.92. The van der Waals surface area contributed by atoms with E-state index in [2.05, 4.69) is 31.3 Å². The molecule has 0 bridgehead atoms. The minimum absolute atomic E-state index is 0.204. The fraction of sp³-hybridized carbons (Fsp3) is 0.364. The molecule has 96 valence electrons. The fourth-order valence-electron chi connectivity index (χ4n) is 1.32. The highest BCUT2D eigenvalue weighted by molar-refractivity contribution is 9.10. The summed E-state index contributed by atoms with van der Waals surface area (Å²) in [5, 5.41) is 6.60. The number of rotatable bonds is 6. The van der Waals surface area contributed by atoms with Gasteiger partial charge in [0.1, 0.15) is 0 Å². The summed E-state index contributed by atoms with van der Waals surface area (Å²) in [6, 6.07) is 5.12. The topological polar surface area (TPSA) is 77.9 Å². The lowest BCUT2D eigenvalue weighted by atomic mass is 10.2. The Bertz CT molecular complexity index is 474. The maximum atomic E-state index is 11.8. The number of hydrogen-bond acceptors (Lipinski definition) is 2. The molecule has 7 heteroatoms. The first kappa shape index (κ1) is 14.8. The third kappa shape index (κ3) is 4.96. The third-order valence-electron chi connectivity index (χ3n) is 2.21. The van der Waals surface area contributed by atoms with Crippen LogP contribution in [0, 0.1) is 0 Å². The summed E-state index contributed by atoms with van der Waals surface area (Å²) in [5.74, 6) is -0.204. The lowest BCUT2D eigenvalue weighted by Crippen LogP contribution is -2.24. The third-order valence-corrected chi connectivity index (χ3v) is 3.03. The van der Waals surface area contributed by atoms with Crippen LogP contribution in [-0.2, 0) is 0 Å². The number of carbonyl (C=O) groups is 1. The molecule has 1 aromatic carbocycles. The zero-order valence-corrected chi connectivity index (χ0v) is 11.9. The van der Waals surface area contributed by atoms with Crippen LogP contribution in [0.25, 0.3) is 10.4 Å². The van der Waals surface area contributed by atoms with Crippen LogP contribution < -0.4 is 5.32 Å². The number of nitrogens with zero attached hydrogens (tertiary/aromatic N) is 3. The number of halogens is 2. The second-order valence-corrected chi connectivity index (χ2v) is 4.86. The number of benzene rings is 1. The van der Waals surface area contributed by atoms with Gasteiger partial charge in [0.25, 0.3) is 5.91 Å². The zero-order valence-electron chi connectivity index (χ0n) is 9.57. The number of nitrogens with one attached hydrogen (secondary N) is 1. The average Bonchev–Trinajstić information content (AvgIpc) is 2.36. The first-order valence-corrected chi connectivity index (χ1v) is 6.56. The van der Waals surface area contributed by atoms with Crippen LogP contribution in [0.4, 0.5) is 0 Å². The number of hydrogen-bond donors (Lipinski definition) is 1.